The number of nitrogens with zero attached hydrogens (tertiary/aromatic N) is 1. The van der Waals surface area contributed by atoms with Crippen molar-refractivity contribution in [1.82, 2.24) is 10.2 Å². The average molecular weight is 254 g/mol. The van der Waals surface area contributed by atoms with Crippen LogP contribution in [0.3, 0.4) is 0 Å². The fraction of sp³-hybridized carbons (Fsp3) is 0.571. The lowest BCUT2D eigenvalue weighted by molar-refractivity contribution is 0.296. The van der Waals surface area contributed by atoms with Crippen LogP contribution in [0.4, 0.5) is 8.78 Å². The van der Waals surface area contributed by atoms with E-state index in [-0.39, 0.29) is 5.41 Å². The van der Waals surface area contributed by atoms with E-state index in [1.807, 2.05) is 0 Å². The van der Waals surface area contributed by atoms with Crippen molar-refractivity contribution in [2.75, 3.05) is 20.1 Å². The first-order valence-electron chi connectivity index (χ1n) is 6.25. The minimum absolute atomic E-state index is 0.151. The van der Waals surface area contributed by atoms with Gasteiger partial charge in [-0.3, -0.25) is 0 Å². The largest absolute Gasteiger partial charge is 0.308 e. The van der Waals surface area contributed by atoms with E-state index in [4.69, 9.17) is 0 Å². The monoisotopic (exact) mass is 254 g/mol. The van der Waals surface area contributed by atoms with Crippen LogP contribution in [0.1, 0.15) is 19.4 Å². The summed E-state index contributed by atoms with van der Waals surface area (Å²) in [7, 11) is 2.08. The van der Waals surface area contributed by atoms with E-state index in [1.165, 1.54) is 0 Å². The molecule has 2 rings (SSSR count). The van der Waals surface area contributed by atoms with Crippen molar-refractivity contribution in [2.45, 2.75) is 26.4 Å². The Balaban J connectivity index is 2.02. The lowest BCUT2D eigenvalue weighted by Crippen LogP contribution is -2.40. The maximum absolute atomic E-state index is 13.5. The van der Waals surface area contributed by atoms with Gasteiger partial charge in [-0.05, 0) is 18.5 Å². The zero-order valence-electron chi connectivity index (χ0n) is 11.1. The first-order valence-corrected chi connectivity index (χ1v) is 6.25. The van der Waals surface area contributed by atoms with Crippen molar-refractivity contribution in [2.24, 2.45) is 5.41 Å². The highest BCUT2D eigenvalue weighted by molar-refractivity contribution is 5.19. The van der Waals surface area contributed by atoms with E-state index in [1.54, 1.807) is 12.1 Å². The third-order valence-corrected chi connectivity index (χ3v) is 3.69. The molecule has 1 aromatic rings. The number of hydrogen-bond donors (Lipinski definition) is 1. The summed E-state index contributed by atoms with van der Waals surface area (Å²) in [4.78, 5) is 2.25. The summed E-state index contributed by atoms with van der Waals surface area (Å²) >= 11 is 0. The minimum atomic E-state index is -0.780. The van der Waals surface area contributed by atoms with Gasteiger partial charge in [0, 0.05) is 31.2 Å². The first kappa shape index (κ1) is 13.4. The van der Waals surface area contributed by atoms with Gasteiger partial charge in [0.1, 0.15) is 0 Å². The number of rotatable bonds is 3. The van der Waals surface area contributed by atoms with Crippen LogP contribution in [0.15, 0.2) is 18.2 Å². The summed E-state index contributed by atoms with van der Waals surface area (Å²) in [5, 5.41) is 3.34. The molecular weight excluding hydrogens is 234 g/mol. The minimum Gasteiger partial charge on any atom is -0.308 e. The topological polar surface area (TPSA) is 15.3 Å². The quantitative estimate of drug-likeness (QED) is 0.891. The third kappa shape index (κ3) is 2.70. The molecule has 0 radical (unpaired) electrons. The fourth-order valence-corrected chi connectivity index (χ4v) is 2.69. The van der Waals surface area contributed by atoms with Crippen LogP contribution in [0.5, 0.6) is 0 Å². The molecule has 1 heterocycles. The molecule has 4 heteroatoms. The molecule has 0 aliphatic carbocycles. The Hall–Kier alpha value is -1.00. The second-order valence-electron chi connectivity index (χ2n) is 5.83. The number of likely N-dealkylation sites (N-methyl/N-ethyl adjacent to an activating group) is 1. The Labute approximate surface area is 107 Å². The zero-order valence-corrected chi connectivity index (χ0v) is 11.1. The SMILES string of the molecule is CN1CC(NCc2cccc(F)c2F)C(C)(C)C1. The van der Waals surface area contributed by atoms with Gasteiger partial charge in [0.05, 0.1) is 0 Å². The van der Waals surface area contributed by atoms with Crippen molar-refractivity contribution in [1.29, 1.82) is 0 Å². The van der Waals surface area contributed by atoms with Crippen molar-refractivity contribution < 1.29 is 8.78 Å². The molecule has 0 spiro atoms. The Morgan fingerprint density at radius 1 is 1.39 bits per heavy atom. The second kappa shape index (κ2) is 4.94. The standard InChI is InChI=1S/C14H20F2N2/c1-14(2)9-18(3)8-12(14)17-7-10-5-4-6-11(15)13(10)16/h4-6,12,17H,7-9H2,1-3H3. The van der Waals surface area contributed by atoms with Gasteiger partial charge in [-0.15, -0.1) is 0 Å². The predicted molar refractivity (Wildman–Crippen MR) is 68.3 cm³/mol. The molecule has 100 valence electrons. The number of benzene rings is 1. The Bertz CT molecular complexity index is 432. The molecule has 0 aromatic heterocycles. The highest BCUT2D eigenvalue weighted by Crippen LogP contribution is 2.28. The van der Waals surface area contributed by atoms with Crippen LogP contribution >= 0.6 is 0 Å². The van der Waals surface area contributed by atoms with Crippen LogP contribution in [0.2, 0.25) is 0 Å². The zero-order chi connectivity index (χ0) is 13.3. The van der Waals surface area contributed by atoms with Crippen molar-refractivity contribution >= 4 is 0 Å². The second-order valence-corrected chi connectivity index (χ2v) is 5.83. The van der Waals surface area contributed by atoms with E-state index in [2.05, 4.69) is 31.1 Å². The lowest BCUT2D eigenvalue weighted by atomic mass is 9.88. The van der Waals surface area contributed by atoms with Crippen LogP contribution in [-0.4, -0.2) is 31.1 Å². The molecule has 2 nitrogen and oxygen atoms in total. The van der Waals surface area contributed by atoms with E-state index >= 15 is 0 Å². The van der Waals surface area contributed by atoms with Crippen LogP contribution in [-0.2, 0) is 6.54 Å². The molecule has 0 saturated carbocycles. The molecule has 1 atom stereocenters. The number of nitrogens with one attached hydrogen (secondary N) is 1. The molecule has 1 aliphatic rings. The van der Waals surface area contributed by atoms with E-state index < -0.39 is 11.6 Å². The molecule has 0 bridgehead atoms. The van der Waals surface area contributed by atoms with Gasteiger partial charge in [-0.1, -0.05) is 26.0 Å². The van der Waals surface area contributed by atoms with Crippen molar-refractivity contribution in [3.05, 3.63) is 35.4 Å². The highest BCUT2D eigenvalue weighted by Gasteiger charge is 2.37. The lowest BCUT2D eigenvalue weighted by Gasteiger charge is -2.26. The Kier molecular flexibility index (Phi) is 3.69. The molecule has 18 heavy (non-hydrogen) atoms. The van der Waals surface area contributed by atoms with Crippen LogP contribution in [0.25, 0.3) is 0 Å². The smallest absolute Gasteiger partial charge is 0.163 e. The third-order valence-electron chi connectivity index (χ3n) is 3.69. The molecule has 1 aliphatic heterocycles. The summed E-state index contributed by atoms with van der Waals surface area (Å²) in [6.07, 6.45) is 0. The first-order chi connectivity index (χ1) is 8.40. The van der Waals surface area contributed by atoms with Crippen LogP contribution < -0.4 is 5.32 Å². The molecular formula is C14H20F2N2. The van der Waals surface area contributed by atoms with Crippen molar-refractivity contribution in [3.8, 4) is 0 Å². The van der Waals surface area contributed by atoms with E-state index in [0.29, 0.717) is 18.2 Å². The summed E-state index contributed by atoms with van der Waals surface area (Å²) < 4.78 is 26.6. The van der Waals surface area contributed by atoms with Crippen molar-refractivity contribution in [3.63, 3.8) is 0 Å². The average Bonchev–Trinajstić information content (AvgIpc) is 2.54. The molecule has 1 aromatic carbocycles. The van der Waals surface area contributed by atoms with E-state index in [0.717, 1.165) is 19.2 Å². The number of hydrogen-bond acceptors (Lipinski definition) is 2. The van der Waals surface area contributed by atoms with Gasteiger partial charge in [0.15, 0.2) is 11.6 Å². The molecule has 1 saturated heterocycles. The van der Waals surface area contributed by atoms with Crippen LogP contribution in [0, 0.1) is 17.0 Å². The summed E-state index contributed by atoms with van der Waals surface area (Å²) in [5.74, 6) is -1.52. The van der Waals surface area contributed by atoms with Gasteiger partial charge in [0.2, 0.25) is 0 Å². The van der Waals surface area contributed by atoms with Gasteiger partial charge in [-0.25, -0.2) is 8.78 Å². The summed E-state index contributed by atoms with van der Waals surface area (Å²) in [6.45, 7) is 6.69. The molecule has 1 fully saturated rings. The number of halogens is 2. The predicted octanol–water partition coefficient (Wildman–Crippen LogP) is 2.39. The van der Waals surface area contributed by atoms with Gasteiger partial charge in [0.25, 0.3) is 0 Å². The molecule has 0 amide bonds. The maximum Gasteiger partial charge on any atom is 0.163 e. The van der Waals surface area contributed by atoms with Gasteiger partial charge < -0.3 is 10.2 Å². The summed E-state index contributed by atoms with van der Waals surface area (Å²) in [5.41, 5.74) is 0.541. The van der Waals surface area contributed by atoms with Gasteiger partial charge >= 0.3 is 0 Å². The maximum atomic E-state index is 13.5. The number of likely N-dealkylation sites (tertiary alicyclic amines) is 1. The Morgan fingerprint density at radius 3 is 2.72 bits per heavy atom. The Morgan fingerprint density at radius 2 is 2.11 bits per heavy atom. The van der Waals surface area contributed by atoms with E-state index in [9.17, 15) is 8.78 Å². The fourth-order valence-electron chi connectivity index (χ4n) is 2.69. The summed E-state index contributed by atoms with van der Waals surface area (Å²) in [6, 6.07) is 4.61. The van der Waals surface area contributed by atoms with Gasteiger partial charge in [-0.2, -0.15) is 0 Å². The molecule has 1 unspecified atom stereocenters. The normalized spacial score (nSPS) is 23.5. The molecule has 1 N–H and O–H groups in total. The highest BCUT2D eigenvalue weighted by atomic mass is 19.2.